The van der Waals surface area contributed by atoms with E-state index in [0.29, 0.717) is 0 Å². The third kappa shape index (κ3) is 4.99. The molecule has 0 aliphatic heterocycles. The molecule has 0 saturated carbocycles. The lowest BCUT2D eigenvalue weighted by Gasteiger charge is -2.31. The summed E-state index contributed by atoms with van der Waals surface area (Å²) in [6.07, 6.45) is 0. The van der Waals surface area contributed by atoms with E-state index in [9.17, 15) is 0 Å². The van der Waals surface area contributed by atoms with Crippen LogP contribution in [0.3, 0.4) is 0 Å². The van der Waals surface area contributed by atoms with Gasteiger partial charge in [0.1, 0.15) is 0 Å². The van der Waals surface area contributed by atoms with Gasteiger partial charge in [0.2, 0.25) is 0 Å². The van der Waals surface area contributed by atoms with Crippen molar-refractivity contribution in [1.82, 2.24) is 0 Å². The predicted molar refractivity (Wildman–Crippen MR) is 235 cm³/mol. The van der Waals surface area contributed by atoms with Gasteiger partial charge in [-0.15, -0.1) is 0 Å². The molecule has 268 valence electrons. The molecule has 0 aromatic heterocycles. The Kier molecular flexibility index (Phi) is 7.21. The Morgan fingerprint density at radius 2 is 0.982 bits per heavy atom. The number of nitrogens with zero attached hydrogens (tertiary/aromatic N) is 1. The van der Waals surface area contributed by atoms with Crippen LogP contribution < -0.4 is 4.90 Å². The van der Waals surface area contributed by atoms with Crippen molar-refractivity contribution in [3.8, 4) is 33.4 Å². The molecule has 2 aliphatic rings. The minimum atomic E-state index is -0.106. The van der Waals surface area contributed by atoms with Crippen LogP contribution in [0.15, 0.2) is 158 Å². The van der Waals surface area contributed by atoms with Crippen molar-refractivity contribution < 1.29 is 0 Å². The van der Waals surface area contributed by atoms with Gasteiger partial charge in [0.25, 0.3) is 0 Å². The molecule has 8 aromatic rings. The first-order chi connectivity index (χ1) is 26.4. The second kappa shape index (κ2) is 11.8. The molecule has 0 fully saturated rings. The van der Waals surface area contributed by atoms with Gasteiger partial charge in [0.15, 0.2) is 0 Å². The Balaban J connectivity index is 1.27. The quantitative estimate of drug-likeness (QED) is 0.176. The molecule has 0 heterocycles. The molecule has 0 N–H and O–H groups in total. The van der Waals surface area contributed by atoms with E-state index >= 15 is 0 Å². The minimum Gasteiger partial charge on any atom is -0.310 e. The van der Waals surface area contributed by atoms with E-state index < -0.39 is 0 Å². The lowest BCUT2D eigenvalue weighted by Crippen LogP contribution is -2.16. The number of hydrogen-bond acceptors (Lipinski definition) is 1. The van der Waals surface area contributed by atoms with Crippen LogP contribution in [0.2, 0.25) is 0 Å². The Labute approximate surface area is 325 Å². The topological polar surface area (TPSA) is 3.24 Å². The SMILES string of the molecule is CC(C)(C)c1ccc(N(c2ccc3c(c2)-c2cc4ccccc4cc2C3(C)C)c2ccc3ccccc3c2-c2cccc3c2-c2ccccc2C3(C)C)cc1. The number of fused-ring (bicyclic) bond motifs is 8. The largest absolute Gasteiger partial charge is 0.310 e. The lowest BCUT2D eigenvalue weighted by atomic mass is 9.81. The van der Waals surface area contributed by atoms with E-state index in [-0.39, 0.29) is 16.2 Å². The smallest absolute Gasteiger partial charge is 0.0546 e. The molecule has 0 atom stereocenters. The number of rotatable bonds is 4. The van der Waals surface area contributed by atoms with Crippen molar-refractivity contribution in [1.29, 1.82) is 0 Å². The van der Waals surface area contributed by atoms with Gasteiger partial charge in [-0.3, -0.25) is 0 Å². The molecule has 0 radical (unpaired) electrons. The monoisotopic (exact) mass is 709 g/mol. The molecule has 0 amide bonds. The number of benzene rings is 8. The van der Waals surface area contributed by atoms with Gasteiger partial charge in [-0.1, -0.05) is 164 Å². The first-order valence-electron chi connectivity index (χ1n) is 19.8. The zero-order chi connectivity index (χ0) is 37.9. The number of hydrogen-bond donors (Lipinski definition) is 0. The summed E-state index contributed by atoms with van der Waals surface area (Å²) in [4.78, 5) is 2.52. The fourth-order valence-corrected chi connectivity index (χ4v) is 9.79. The lowest BCUT2D eigenvalue weighted by molar-refractivity contribution is 0.590. The highest BCUT2D eigenvalue weighted by Gasteiger charge is 2.39. The van der Waals surface area contributed by atoms with Gasteiger partial charge >= 0.3 is 0 Å². The Hall–Kier alpha value is -5.92. The molecule has 10 rings (SSSR count). The Bertz CT molecular complexity index is 2840. The molecular formula is C54H47N. The molecule has 1 heteroatoms. The van der Waals surface area contributed by atoms with E-state index in [0.717, 1.165) is 11.4 Å². The summed E-state index contributed by atoms with van der Waals surface area (Å²) in [7, 11) is 0. The maximum atomic E-state index is 2.52. The van der Waals surface area contributed by atoms with Gasteiger partial charge in [0, 0.05) is 27.8 Å². The summed E-state index contributed by atoms with van der Waals surface area (Å²) in [6.45, 7) is 16.4. The van der Waals surface area contributed by atoms with Crippen LogP contribution >= 0.6 is 0 Å². The summed E-state index contributed by atoms with van der Waals surface area (Å²) >= 11 is 0. The summed E-state index contributed by atoms with van der Waals surface area (Å²) in [5.41, 5.74) is 18.1. The standard InChI is InChI=1S/C54H47N/c1-52(2,3)37-24-26-38(27-25-37)55(39-28-29-46-44(33-39)43-31-35-16-8-9-17-36(35)32-48(43)54(46,6)7)49-30-23-34-15-10-11-18-40(34)51(49)42-20-14-22-47-50(42)41-19-12-13-21-45(41)53(47,4)5/h8-33H,1-7H3. The van der Waals surface area contributed by atoms with Crippen molar-refractivity contribution in [3.63, 3.8) is 0 Å². The molecule has 1 nitrogen and oxygen atoms in total. The third-order valence-corrected chi connectivity index (χ3v) is 12.8. The van der Waals surface area contributed by atoms with Crippen LogP contribution in [-0.4, -0.2) is 0 Å². The van der Waals surface area contributed by atoms with Crippen molar-refractivity contribution in [3.05, 3.63) is 186 Å². The van der Waals surface area contributed by atoms with Gasteiger partial charge in [0.05, 0.1) is 5.69 Å². The fraction of sp³-hybridized carbons (Fsp3) is 0.185. The van der Waals surface area contributed by atoms with Crippen molar-refractivity contribution >= 4 is 38.6 Å². The first kappa shape index (κ1) is 33.6. The van der Waals surface area contributed by atoms with Crippen molar-refractivity contribution in [2.24, 2.45) is 0 Å². The number of anilines is 3. The summed E-state index contributed by atoms with van der Waals surface area (Å²) < 4.78 is 0. The van der Waals surface area contributed by atoms with Gasteiger partial charge in [-0.05, 0) is 125 Å². The van der Waals surface area contributed by atoms with Crippen LogP contribution in [0.1, 0.15) is 76.3 Å². The highest BCUT2D eigenvalue weighted by atomic mass is 15.1. The second-order valence-corrected chi connectivity index (χ2v) is 17.8. The predicted octanol–water partition coefficient (Wildman–Crippen LogP) is 15.0. The zero-order valence-corrected chi connectivity index (χ0v) is 33.0. The van der Waals surface area contributed by atoms with E-state index in [1.807, 2.05) is 0 Å². The van der Waals surface area contributed by atoms with Crippen molar-refractivity contribution in [2.75, 3.05) is 4.90 Å². The van der Waals surface area contributed by atoms with Crippen molar-refractivity contribution in [2.45, 2.75) is 64.7 Å². The van der Waals surface area contributed by atoms with Crippen LogP contribution in [-0.2, 0) is 16.2 Å². The maximum absolute atomic E-state index is 2.52. The summed E-state index contributed by atoms with van der Waals surface area (Å²) in [6, 6.07) is 59.7. The average Bonchev–Trinajstić information content (AvgIpc) is 3.56. The van der Waals surface area contributed by atoms with E-state index in [2.05, 4.69) is 211 Å². The molecule has 55 heavy (non-hydrogen) atoms. The van der Waals surface area contributed by atoms with Crippen LogP contribution in [0.25, 0.3) is 54.9 Å². The Morgan fingerprint density at radius 1 is 0.400 bits per heavy atom. The molecule has 0 saturated heterocycles. The third-order valence-electron chi connectivity index (χ3n) is 12.8. The zero-order valence-electron chi connectivity index (χ0n) is 33.0. The molecule has 2 aliphatic carbocycles. The van der Waals surface area contributed by atoms with E-state index in [1.165, 1.54) is 88.4 Å². The average molecular weight is 710 g/mol. The summed E-state index contributed by atoms with van der Waals surface area (Å²) in [5.74, 6) is 0. The fourth-order valence-electron chi connectivity index (χ4n) is 9.79. The van der Waals surface area contributed by atoms with Gasteiger partial charge < -0.3 is 4.90 Å². The van der Waals surface area contributed by atoms with Crippen LogP contribution in [0.5, 0.6) is 0 Å². The highest BCUT2D eigenvalue weighted by Crippen LogP contribution is 2.56. The maximum Gasteiger partial charge on any atom is 0.0546 e. The minimum absolute atomic E-state index is 0.0495. The Morgan fingerprint density at radius 3 is 1.75 bits per heavy atom. The normalized spacial score (nSPS) is 14.7. The summed E-state index contributed by atoms with van der Waals surface area (Å²) in [5, 5.41) is 5.07. The van der Waals surface area contributed by atoms with Gasteiger partial charge in [-0.25, -0.2) is 0 Å². The molecule has 0 unspecified atom stereocenters. The van der Waals surface area contributed by atoms with Gasteiger partial charge in [-0.2, -0.15) is 0 Å². The molecule has 0 spiro atoms. The molecular weight excluding hydrogens is 663 g/mol. The van der Waals surface area contributed by atoms with E-state index in [1.54, 1.807) is 0 Å². The molecule has 0 bridgehead atoms. The van der Waals surface area contributed by atoms with Crippen LogP contribution in [0.4, 0.5) is 17.1 Å². The second-order valence-electron chi connectivity index (χ2n) is 17.8. The van der Waals surface area contributed by atoms with E-state index in [4.69, 9.17) is 0 Å². The first-order valence-corrected chi connectivity index (χ1v) is 19.8. The van der Waals surface area contributed by atoms with Crippen LogP contribution in [0, 0.1) is 0 Å². The molecule has 8 aromatic carbocycles. The highest BCUT2D eigenvalue weighted by molar-refractivity contribution is 6.10.